The highest BCUT2D eigenvalue weighted by Gasteiger charge is 2.27. The number of pyridine rings is 1. The number of amides is 2. The van der Waals surface area contributed by atoms with Crippen molar-refractivity contribution in [1.82, 2.24) is 19.4 Å². The number of carbonyl (C=O) groups is 1. The molecule has 1 aliphatic heterocycles. The highest BCUT2D eigenvalue weighted by Crippen LogP contribution is 2.32. The second kappa shape index (κ2) is 6.85. The molecule has 2 aromatic heterocycles. The maximum Gasteiger partial charge on any atom is 0.321 e. The number of anilines is 1. The molecular formula is C20H20N6O2. The van der Waals surface area contributed by atoms with Gasteiger partial charge in [-0.15, -0.1) is 0 Å². The Labute approximate surface area is 162 Å². The summed E-state index contributed by atoms with van der Waals surface area (Å²) in [6, 6.07) is 7.16. The van der Waals surface area contributed by atoms with Crippen LogP contribution in [-0.4, -0.2) is 38.6 Å². The van der Waals surface area contributed by atoms with Gasteiger partial charge in [0.2, 0.25) is 0 Å². The highest BCUT2D eigenvalue weighted by molar-refractivity contribution is 6.00. The highest BCUT2D eigenvalue weighted by atomic mass is 16.5. The van der Waals surface area contributed by atoms with Gasteiger partial charge in [-0.05, 0) is 24.5 Å². The molecule has 0 bridgehead atoms. The Morgan fingerprint density at radius 3 is 2.79 bits per heavy atom. The normalized spacial score (nSPS) is 13.9. The lowest BCUT2D eigenvalue weighted by atomic mass is 10.0. The van der Waals surface area contributed by atoms with Crippen molar-refractivity contribution in [3.8, 4) is 17.6 Å². The summed E-state index contributed by atoms with van der Waals surface area (Å²) in [5, 5.41) is 11.9. The van der Waals surface area contributed by atoms with Crippen molar-refractivity contribution in [2.75, 3.05) is 18.4 Å². The van der Waals surface area contributed by atoms with Crippen LogP contribution in [0.1, 0.15) is 18.2 Å². The summed E-state index contributed by atoms with van der Waals surface area (Å²) in [4.78, 5) is 22.7. The zero-order valence-electron chi connectivity index (χ0n) is 15.9. The van der Waals surface area contributed by atoms with E-state index in [2.05, 4.69) is 22.2 Å². The largest absolute Gasteiger partial charge is 0.455 e. The third-order valence-electron chi connectivity index (χ3n) is 4.80. The van der Waals surface area contributed by atoms with Gasteiger partial charge in [-0.25, -0.2) is 14.8 Å². The number of fused-ring (bicyclic) bond motifs is 1. The second-order valence-electron chi connectivity index (χ2n) is 7.18. The molecule has 3 aromatic rings. The lowest BCUT2D eigenvalue weighted by Gasteiger charge is -2.37. The maximum absolute atomic E-state index is 12.5. The van der Waals surface area contributed by atoms with E-state index in [9.17, 15) is 4.79 Å². The molecule has 2 amide bonds. The van der Waals surface area contributed by atoms with Gasteiger partial charge in [-0.2, -0.15) is 5.26 Å². The van der Waals surface area contributed by atoms with Crippen LogP contribution in [0.2, 0.25) is 0 Å². The van der Waals surface area contributed by atoms with Crippen LogP contribution in [0.25, 0.3) is 11.0 Å². The first-order valence-corrected chi connectivity index (χ1v) is 9.00. The number of hydrogen-bond acceptors (Lipinski definition) is 5. The minimum atomic E-state index is -0.140. The third kappa shape index (κ3) is 3.22. The molecule has 0 saturated carbocycles. The summed E-state index contributed by atoms with van der Waals surface area (Å²) in [5.41, 5.74) is 3.27. The number of hydrogen-bond donors (Lipinski definition) is 1. The summed E-state index contributed by atoms with van der Waals surface area (Å²) in [7, 11) is 1.89. The van der Waals surface area contributed by atoms with Crippen molar-refractivity contribution >= 4 is 22.8 Å². The Bertz CT molecular complexity index is 1110. The molecule has 4 rings (SSSR count). The topological polar surface area (TPSA) is 96.1 Å². The fraction of sp³-hybridized carbons (Fsp3) is 0.300. The zero-order valence-corrected chi connectivity index (χ0v) is 15.9. The van der Waals surface area contributed by atoms with E-state index in [1.165, 1.54) is 6.20 Å². The molecule has 0 unspecified atom stereocenters. The van der Waals surface area contributed by atoms with E-state index in [4.69, 9.17) is 10.00 Å². The zero-order chi connectivity index (χ0) is 19.8. The van der Waals surface area contributed by atoms with Crippen LogP contribution in [0.4, 0.5) is 10.5 Å². The molecule has 8 nitrogen and oxygen atoms in total. The van der Waals surface area contributed by atoms with E-state index >= 15 is 0 Å². The molecule has 0 aliphatic carbocycles. The van der Waals surface area contributed by atoms with Crippen LogP contribution < -0.4 is 10.1 Å². The number of ether oxygens (including phenoxy) is 1. The quantitative estimate of drug-likeness (QED) is 0.755. The van der Waals surface area contributed by atoms with E-state index in [1.54, 1.807) is 23.4 Å². The van der Waals surface area contributed by atoms with Gasteiger partial charge in [0.1, 0.15) is 28.8 Å². The molecule has 0 radical (unpaired) electrons. The van der Waals surface area contributed by atoms with Gasteiger partial charge in [-0.3, -0.25) is 0 Å². The van der Waals surface area contributed by atoms with E-state index in [0.717, 1.165) is 24.2 Å². The molecule has 8 heteroatoms. The molecule has 0 spiro atoms. The summed E-state index contributed by atoms with van der Waals surface area (Å²) >= 11 is 0. The first kappa shape index (κ1) is 17.8. The Balaban J connectivity index is 1.66. The van der Waals surface area contributed by atoms with Crippen LogP contribution in [0.3, 0.4) is 0 Å². The Morgan fingerprint density at radius 1 is 1.32 bits per heavy atom. The molecule has 1 fully saturated rings. The number of likely N-dealkylation sites (tertiary alicyclic amines) is 1. The fourth-order valence-corrected chi connectivity index (χ4v) is 3.26. The smallest absolute Gasteiger partial charge is 0.321 e. The SMILES string of the molecule is Cc1cc(C#N)ncc1Oc1cc(NC(=O)N2CC(C)C2)c2ncn(C)c2c1. The van der Waals surface area contributed by atoms with Crippen LogP contribution in [0.5, 0.6) is 11.5 Å². The van der Waals surface area contributed by atoms with Crippen LogP contribution >= 0.6 is 0 Å². The van der Waals surface area contributed by atoms with Crippen molar-refractivity contribution in [3.05, 3.63) is 42.0 Å². The van der Waals surface area contributed by atoms with Crippen LogP contribution in [0, 0.1) is 24.2 Å². The summed E-state index contributed by atoms with van der Waals surface area (Å²) < 4.78 is 7.87. The van der Waals surface area contributed by atoms with Crippen LogP contribution in [0.15, 0.2) is 30.7 Å². The van der Waals surface area contributed by atoms with Crippen LogP contribution in [-0.2, 0) is 7.05 Å². The average molecular weight is 376 g/mol. The molecular weight excluding hydrogens is 356 g/mol. The maximum atomic E-state index is 12.5. The molecule has 28 heavy (non-hydrogen) atoms. The standard InChI is InChI=1S/C20H20N6O2/c1-12-9-26(10-12)20(27)24-16-5-15(6-17-19(16)23-11-25(17)3)28-18-8-22-14(7-21)4-13(18)2/h4-6,8,11-12H,9-10H2,1-3H3,(H,24,27). The molecule has 1 saturated heterocycles. The number of nitrogens with zero attached hydrogens (tertiary/aromatic N) is 5. The summed E-state index contributed by atoms with van der Waals surface area (Å²) in [6.07, 6.45) is 3.23. The second-order valence-corrected chi connectivity index (χ2v) is 7.18. The number of carbonyl (C=O) groups excluding carboxylic acids is 1. The lowest BCUT2D eigenvalue weighted by Crippen LogP contribution is -2.50. The van der Waals surface area contributed by atoms with Gasteiger partial charge < -0.3 is 19.5 Å². The molecule has 142 valence electrons. The molecule has 1 aliphatic rings. The molecule has 1 N–H and O–H groups in total. The number of imidazole rings is 1. The third-order valence-corrected chi connectivity index (χ3v) is 4.80. The molecule has 0 atom stereocenters. The van der Waals surface area contributed by atoms with Crippen molar-refractivity contribution < 1.29 is 9.53 Å². The van der Waals surface area contributed by atoms with Crippen molar-refractivity contribution in [1.29, 1.82) is 5.26 Å². The first-order chi connectivity index (χ1) is 13.4. The van der Waals surface area contributed by atoms with E-state index in [0.29, 0.717) is 34.3 Å². The Kier molecular flexibility index (Phi) is 4.35. The lowest BCUT2D eigenvalue weighted by molar-refractivity contribution is 0.141. The number of aryl methyl sites for hydroxylation is 2. The van der Waals surface area contributed by atoms with Gasteiger partial charge >= 0.3 is 6.03 Å². The number of aromatic nitrogens is 3. The van der Waals surface area contributed by atoms with E-state index in [1.807, 2.05) is 30.7 Å². The van der Waals surface area contributed by atoms with Crippen molar-refractivity contribution in [2.24, 2.45) is 13.0 Å². The van der Waals surface area contributed by atoms with Crippen molar-refractivity contribution in [3.63, 3.8) is 0 Å². The molecule has 3 heterocycles. The van der Waals surface area contributed by atoms with Gasteiger partial charge in [-0.1, -0.05) is 6.92 Å². The first-order valence-electron chi connectivity index (χ1n) is 9.00. The Morgan fingerprint density at radius 2 is 2.11 bits per heavy atom. The minimum Gasteiger partial charge on any atom is -0.455 e. The average Bonchev–Trinajstić information content (AvgIpc) is 3.02. The van der Waals surface area contributed by atoms with Gasteiger partial charge in [0.25, 0.3) is 0 Å². The number of urea groups is 1. The number of nitriles is 1. The predicted octanol–water partition coefficient (Wildman–Crippen LogP) is 3.42. The Hall–Kier alpha value is -3.60. The predicted molar refractivity (Wildman–Crippen MR) is 104 cm³/mol. The number of rotatable bonds is 3. The monoisotopic (exact) mass is 376 g/mol. The minimum absolute atomic E-state index is 0.140. The van der Waals surface area contributed by atoms with E-state index < -0.39 is 0 Å². The molecule has 1 aromatic carbocycles. The van der Waals surface area contributed by atoms with Crippen molar-refractivity contribution in [2.45, 2.75) is 13.8 Å². The van der Waals surface area contributed by atoms with Gasteiger partial charge in [0.15, 0.2) is 0 Å². The number of benzene rings is 1. The summed E-state index contributed by atoms with van der Waals surface area (Å²) in [6.45, 7) is 5.48. The number of nitrogens with one attached hydrogen (secondary N) is 1. The fourth-order valence-electron chi connectivity index (χ4n) is 3.26. The van der Waals surface area contributed by atoms with Gasteiger partial charge in [0, 0.05) is 32.3 Å². The van der Waals surface area contributed by atoms with E-state index in [-0.39, 0.29) is 6.03 Å². The van der Waals surface area contributed by atoms with Gasteiger partial charge in [0.05, 0.1) is 23.7 Å². The summed E-state index contributed by atoms with van der Waals surface area (Å²) in [5.74, 6) is 1.63.